The van der Waals surface area contributed by atoms with Crippen molar-refractivity contribution in [3.8, 4) is 0 Å². The molecule has 4 nitrogen and oxygen atoms in total. The van der Waals surface area contributed by atoms with Crippen LogP contribution in [0.1, 0.15) is 17.3 Å². The number of esters is 1. The second-order valence-corrected chi connectivity index (χ2v) is 4.76. The van der Waals surface area contributed by atoms with Crippen molar-refractivity contribution >= 4 is 33.4 Å². The number of rotatable bonds is 4. The van der Waals surface area contributed by atoms with Gasteiger partial charge in [-0.15, -0.1) is 0 Å². The molecule has 0 unspecified atom stereocenters. The van der Waals surface area contributed by atoms with E-state index in [-0.39, 0.29) is 5.82 Å². The molecule has 2 aromatic rings. The third-order valence-electron chi connectivity index (χ3n) is 2.47. The summed E-state index contributed by atoms with van der Waals surface area (Å²) in [5.41, 5.74) is 0.946. The predicted molar refractivity (Wildman–Crippen MR) is 77.6 cm³/mol. The van der Waals surface area contributed by atoms with Crippen LogP contribution >= 0.6 is 15.9 Å². The molecule has 0 saturated heterocycles. The number of pyridine rings is 1. The summed E-state index contributed by atoms with van der Waals surface area (Å²) in [5.74, 6) is -0.265. The summed E-state index contributed by atoms with van der Waals surface area (Å²) in [5, 5.41) is 2.95. The van der Waals surface area contributed by atoms with Gasteiger partial charge in [-0.25, -0.2) is 14.2 Å². The maximum absolute atomic E-state index is 13.4. The van der Waals surface area contributed by atoms with Crippen molar-refractivity contribution in [3.05, 3.63) is 52.4 Å². The number of halogens is 2. The molecule has 0 aliphatic rings. The number of ether oxygens (including phenoxy) is 1. The van der Waals surface area contributed by atoms with E-state index >= 15 is 0 Å². The van der Waals surface area contributed by atoms with Crippen molar-refractivity contribution in [2.75, 3.05) is 11.9 Å². The van der Waals surface area contributed by atoms with Crippen LogP contribution in [0.15, 0.2) is 41.0 Å². The highest BCUT2D eigenvalue weighted by molar-refractivity contribution is 9.10. The standard InChI is InChI=1S/C14H12BrFN2O2/c1-2-20-14(19)9-3-6-13(17-8-9)18-10-4-5-11(15)12(16)7-10/h3-8H,2H2,1H3,(H,17,18). The fraction of sp³-hybridized carbons (Fsp3) is 0.143. The Hall–Kier alpha value is -1.95. The fourth-order valence-electron chi connectivity index (χ4n) is 1.52. The third kappa shape index (κ3) is 3.54. The molecule has 0 atom stereocenters. The summed E-state index contributed by atoms with van der Waals surface area (Å²) in [4.78, 5) is 15.5. The topological polar surface area (TPSA) is 51.2 Å². The van der Waals surface area contributed by atoms with Crippen LogP contribution in [0, 0.1) is 5.82 Å². The first kappa shape index (κ1) is 14.5. The van der Waals surface area contributed by atoms with E-state index in [0.717, 1.165) is 0 Å². The molecule has 0 saturated carbocycles. The number of hydrogen-bond donors (Lipinski definition) is 1. The lowest BCUT2D eigenvalue weighted by Gasteiger charge is -2.07. The monoisotopic (exact) mass is 338 g/mol. The quantitative estimate of drug-likeness (QED) is 0.859. The van der Waals surface area contributed by atoms with Crippen molar-refractivity contribution < 1.29 is 13.9 Å². The number of nitrogens with one attached hydrogen (secondary N) is 1. The lowest BCUT2D eigenvalue weighted by Crippen LogP contribution is -2.05. The Morgan fingerprint density at radius 3 is 2.80 bits per heavy atom. The van der Waals surface area contributed by atoms with Gasteiger partial charge in [0.2, 0.25) is 0 Å². The normalized spacial score (nSPS) is 10.2. The van der Waals surface area contributed by atoms with Crippen molar-refractivity contribution in [1.29, 1.82) is 0 Å². The van der Waals surface area contributed by atoms with Gasteiger partial charge < -0.3 is 10.1 Å². The number of carbonyl (C=O) groups excluding carboxylic acids is 1. The van der Waals surface area contributed by atoms with Gasteiger partial charge in [0, 0.05) is 11.9 Å². The van der Waals surface area contributed by atoms with E-state index < -0.39 is 5.97 Å². The molecule has 0 aliphatic heterocycles. The molecule has 0 spiro atoms. The van der Waals surface area contributed by atoms with Crippen molar-refractivity contribution in [2.24, 2.45) is 0 Å². The Balaban J connectivity index is 2.10. The first-order valence-electron chi connectivity index (χ1n) is 5.95. The van der Waals surface area contributed by atoms with Gasteiger partial charge in [-0.3, -0.25) is 0 Å². The summed E-state index contributed by atoms with van der Waals surface area (Å²) in [7, 11) is 0. The molecule has 0 fully saturated rings. The molecule has 0 amide bonds. The highest BCUT2D eigenvalue weighted by Gasteiger charge is 2.07. The Morgan fingerprint density at radius 1 is 1.40 bits per heavy atom. The summed E-state index contributed by atoms with van der Waals surface area (Å²) < 4.78 is 18.6. The third-order valence-corrected chi connectivity index (χ3v) is 3.11. The molecule has 1 N–H and O–H groups in total. The molecular weight excluding hydrogens is 327 g/mol. The summed E-state index contributed by atoms with van der Waals surface area (Å²) in [6, 6.07) is 7.90. The molecule has 2 rings (SSSR count). The van der Waals surface area contributed by atoms with E-state index in [2.05, 4.69) is 26.2 Å². The van der Waals surface area contributed by atoms with E-state index in [1.165, 1.54) is 12.3 Å². The number of hydrogen-bond acceptors (Lipinski definition) is 4. The minimum absolute atomic E-state index is 0.316. The molecule has 1 heterocycles. The highest BCUT2D eigenvalue weighted by atomic mass is 79.9. The molecular formula is C14H12BrFN2O2. The lowest BCUT2D eigenvalue weighted by molar-refractivity contribution is 0.0526. The van der Waals surface area contributed by atoms with Crippen LogP contribution in [-0.4, -0.2) is 17.6 Å². The van der Waals surface area contributed by atoms with E-state index in [1.807, 2.05) is 0 Å². The largest absolute Gasteiger partial charge is 0.462 e. The van der Waals surface area contributed by atoms with Gasteiger partial charge in [0.15, 0.2) is 0 Å². The number of carbonyl (C=O) groups is 1. The van der Waals surface area contributed by atoms with Gasteiger partial charge in [-0.2, -0.15) is 0 Å². The van der Waals surface area contributed by atoms with Gasteiger partial charge in [-0.1, -0.05) is 0 Å². The van der Waals surface area contributed by atoms with Gasteiger partial charge in [-0.05, 0) is 53.2 Å². The van der Waals surface area contributed by atoms with Crippen molar-refractivity contribution in [1.82, 2.24) is 4.98 Å². The van der Waals surface area contributed by atoms with Gasteiger partial charge in [0.1, 0.15) is 11.6 Å². The zero-order valence-corrected chi connectivity index (χ0v) is 12.3. The van der Waals surface area contributed by atoms with Crippen LogP contribution in [0.2, 0.25) is 0 Å². The summed E-state index contributed by atoms with van der Waals surface area (Å²) >= 11 is 3.09. The second kappa shape index (κ2) is 6.47. The van der Waals surface area contributed by atoms with Crippen LogP contribution in [0.25, 0.3) is 0 Å². The fourth-order valence-corrected chi connectivity index (χ4v) is 1.77. The maximum atomic E-state index is 13.4. The Kier molecular flexibility index (Phi) is 4.68. The Morgan fingerprint density at radius 2 is 2.20 bits per heavy atom. The Bertz CT molecular complexity index is 617. The predicted octanol–water partition coefficient (Wildman–Crippen LogP) is 3.90. The second-order valence-electron chi connectivity index (χ2n) is 3.91. The van der Waals surface area contributed by atoms with Crippen LogP contribution < -0.4 is 5.32 Å². The number of nitrogens with zero attached hydrogens (tertiary/aromatic N) is 1. The maximum Gasteiger partial charge on any atom is 0.339 e. The minimum Gasteiger partial charge on any atom is -0.462 e. The molecule has 0 aliphatic carbocycles. The minimum atomic E-state index is -0.416. The van der Waals surface area contributed by atoms with Crippen molar-refractivity contribution in [2.45, 2.75) is 6.92 Å². The number of anilines is 2. The van der Waals surface area contributed by atoms with E-state index in [4.69, 9.17) is 4.74 Å². The average molecular weight is 339 g/mol. The lowest BCUT2D eigenvalue weighted by atomic mass is 10.2. The first-order valence-corrected chi connectivity index (χ1v) is 6.74. The molecule has 104 valence electrons. The van der Waals surface area contributed by atoms with E-state index in [9.17, 15) is 9.18 Å². The summed E-state index contributed by atoms with van der Waals surface area (Å²) in [6.07, 6.45) is 1.41. The highest BCUT2D eigenvalue weighted by Crippen LogP contribution is 2.21. The van der Waals surface area contributed by atoms with Gasteiger partial charge >= 0.3 is 5.97 Å². The average Bonchev–Trinajstić information content (AvgIpc) is 2.44. The summed E-state index contributed by atoms with van der Waals surface area (Å²) in [6.45, 7) is 2.06. The smallest absolute Gasteiger partial charge is 0.339 e. The molecule has 20 heavy (non-hydrogen) atoms. The molecule has 6 heteroatoms. The molecule has 0 bridgehead atoms. The van der Waals surface area contributed by atoms with Crippen LogP contribution in [0.5, 0.6) is 0 Å². The van der Waals surface area contributed by atoms with Crippen molar-refractivity contribution in [3.63, 3.8) is 0 Å². The van der Waals surface area contributed by atoms with E-state index in [0.29, 0.717) is 28.1 Å². The number of aromatic nitrogens is 1. The first-order chi connectivity index (χ1) is 9.60. The molecule has 0 radical (unpaired) electrons. The number of benzene rings is 1. The van der Waals surface area contributed by atoms with Gasteiger partial charge in [0.05, 0.1) is 16.6 Å². The Labute approximate surface area is 124 Å². The van der Waals surface area contributed by atoms with Crippen LogP contribution in [0.3, 0.4) is 0 Å². The zero-order chi connectivity index (χ0) is 14.5. The SMILES string of the molecule is CCOC(=O)c1ccc(Nc2ccc(Br)c(F)c2)nc1. The van der Waals surface area contributed by atoms with Crippen LogP contribution in [-0.2, 0) is 4.74 Å². The van der Waals surface area contributed by atoms with Crippen LogP contribution in [0.4, 0.5) is 15.9 Å². The molecule has 1 aromatic carbocycles. The van der Waals surface area contributed by atoms with E-state index in [1.54, 1.807) is 31.2 Å². The zero-order valence-electron chi connectivity index (χ0n) is 10.7. The molecule has 1 aromatic heterocycles. The van der Waals surface area contributed by atoms with Gasteiger partial charge in [0.25, 0.3) is 0 Å².